The van der Waals surface area contributed by atoms with Crippen LogP contribution in [-0.2, 0) is 6.54 Å². The molecule has 1 unspecified atom stereocenters. The van der Waals surface area contributed by atoms with E-state index in [9.17, 15) is 5.11 Å². The maximum atomic E-state index is 9.57. The van der Waals surface area contributed by atoms with Gasteiger partial charge in [-0.2, -0.15) is 0 Å². The molecule has 1 aromatic heterocycles. The first kappa shape index (κ1) is 15.3. The predicted octanol–water partition coefficient (Wildman–Crippen LogP) is 4.31. The van der Waals surface area contributed by atoms with Gasteiger partial charge in [-0.25, -0.2) is 4.98 Å². The number of phenolic OH excluding ortho intramolecular Hbond substituents is 1. The fourth-order valence-corrected chi connectivity index (χ4v) is 3.44. The van der Waals surface area contributed by atoms with E-state index in [-0.39, 0.29) is 11.8 Å². The van der Waals surface area contributed by atoms with Crippen molar-refractivity contribution in [1.29, 1.82) is 0 Å². The van der Waals surface area contributed by atoms with Crippen LogP contribution in [0.3, 0.4) is 0 Å². The van der Waals surface area contributed by atoms with Crippen molar-refractivity contribution in [2.24, 2.45) is 0 Å². The number of rotatable bonds is 4. The van der Waals surface area contributed by atoms with Crippen LogP contribution in [0.4, 0.5) is 0 Å². The van der Waals surface area contributed by atoms with E-state index < -0.39 is 0 Å². The number of benzene rings is 1. The molecule has 0 radical (unpaired) electrons. The molecule has 0 aliphatic rings. The Morgan fingerprint density at radius 1 is 1.40 bits per heavy atom. The molecule has 2 aromatic rings. The van der Waals surface area contributed by atoms with Crippen molar-refractivity contribution in [3.63, 3.8) is 0 Å². The highest BCUT2D eigenvalue weighted by atomic mass is 35.5. The maximum absolute atomic E-state index is 9.57. The zero-order valence-corrected chi connectivity index (χ0v) is 13.7. The molecule has 0 saturated heterocycles. The molecular formula is C15H19ClN2OS. The summed E-state index contributed by atoms with van der Waals surface area (Å²) >= 11 is 7.91. The number of nitrogens with zero attached hydrogens (tertiary/aromatic N) is 2. The van der Waals surface area contributed by atoms with Crippen LogP contribution in [0, 0.1) is 13.8 Å². The summed E-state index contributed by atoms with van der Waals surface area (Å²) < 4.78 is 0. The third-order valence-electron chi connectivity index (χ3n) is 3.43. The van der Waals surface area contributed by atoms with E-state index in [2.05, 4.69) is 23.9 Å². The van der Waals surface area contributed by atoms with Gasteiger partial charge in [-0.05, 0) is 51.6 Å². The third kappa shape index (κ3) is 3.32. The molecule has 2 rings (SSSR count). The van der Waals surface area contributed by atoms with E-state index in [1.807, 2.05) is 13.8 Å². The first-order valence-corrected chi connectivity index (χ1v) is 7.69. The van der Waals surface area contributed by atoms with Crippen molar-refractivity contribution >= 4 is 22.9 Å². The van der Waals surface area contributed by atoms with Gasteiger partial charge in [0, 0.05) is 22.5 Å². The van der Waals surface area contributed by atoms with Gasteiger partial charge >= 0.3 is 0 Å². The summed E-state index contributed by atoms with van der Waals surface area (Å²) in [7, 11) is 2.06. The van der Waals surface area contributed by atoms with Crippen LogP contribution in [0.5, 0.6) is 5.75 Å². The lowest BCUT2D eigenvalue weighted by Crippen LogP contribution is -2.22. The Kier molecular flexibility index (Phi) is 4.68. The van der Waals surface area contributed by atoms with Gasteiger partial charge in [-0.15, -0.1) is 11.3 Å². The number of phenols is 1. The van der Waals surface area contributed by atoms with Crippen LogP contribution in [0.15, 0.2) is 18.2 Å². The number of halogens is 1. The van der Waals surface area contributed by atoms with E-state index >= 15 is 0 Å². The Morgan fingerprint density at radius 2 is 2.10 bits per heavy atom. The first-order chi connectivity index (χ1) is 9.38. The largest absolute Gasteiger partial charge is 0.508 e. The average molecular weight is 311 g/mol. The summed E-state index contributed by atoms with van der Waals surface area (Å²) in [5.41, 5.74) is 2.02. The fourth-order valence-electron chi connectivity index (χ4n) is 2.22. The number of aromatic nitrogens is 1. The topological polar surface area (TPSA) is 36.4 Å². The summed E-state index contributed by atoms with van der Waals surface area (Å²) in [6.45, 7) is 6.92. The molecule has 3 nitrogen and oxygen atoms in total. The Morgan fingerprint density at radius 3 is 2.70 bits per heavy atom. The molecule has 0 amide bonds. The van der Waals surface area contributed by atoms with Gasteiger partial charge in [0.2, 0.25) is 0 Å². The SMILES string of the molecule is Cc1nc(C)c(C(C)N(C)Cc2cc(O)ccc2Cl)s1. The summed E-state index contributed by atoms with van der Waals surface area (Å²) in [6.07, 6.45) is 0. The lowest BCUT2D eigenvalue weighted by Gasteiger charge is -2.24. The van der Waals surface area contributed by atoms with Gasteiger partial charge in [0.25, 0.3) is 0 Å². The Bertz CT molecular complexity index is 612. The first-order valence-electron chi connectivity index (χ1n) is 6.50. The maximum Gasteiger partial charge on any atom is 0.116 e. The second kappa shape index (κ2) is 6.12. The number of thiazole rings is 1. The Hall–Kier alpha value is -1.10. The normalized spacial score (nSPS) is 12.9. The second-order valence-electron chi connectivity index (χ2n) is 5.05. The van der Waals surface area contributed by atoms with Crippen LogP contribution in [0.1, 0.15) is 34.1 Å². The second-order valence-corrected chi connectivity index (χ2v) is 6.69. The zero-order valence-electron chi connectivity index (χ0n) is 12.1. The molecule has 0 saturated carbocycles. The van der Waals surface area contributed by atoms with Crippen LogP contribution < -0.4 is 0 Å². The average Bonchev–Trinajstić information content (AvgIpc) is 2.72. The number of aryl methyl sites for hydroxylation is 2. The highest BCUT2D eigenvalue weighted by molar-refractivity contribution is 7.11. The minimum absolute atomic E-state index is 0.246. The van der Waals surface area contributed by atoms with Crippen molar-refractivity contribution in [2.45, 2.75) is 33.4 Å². The van der Waals surface area contributed by atoms with Crippen molar-refractivity contribution in [1.82, 2.24) is 9.88 Å². The van der Waals surface area contributed by atoms with Crippen LogP contribution in [-0.4, -0.2) is 22.0 Å². The van der Waals surface area contributed by atoms with E-state index in [4.69, 9.17) is 11.6 Å². The summed E-state index contributed by atoms with van der Waals surface area (Å²) in [4.78, 5) is 7.97. The quantitative estimate of drug-likeness (QED) is 0.914. The minimum Gasteiger partial charge on any atom is -0.508 e. The summed E-state index contributed by atoms with van der Waals surface area (Å²) in [5, 5.41) is 11.3. The molecule has 108 valence electrons. The van der Waals surface area contributed by atoms with Gasteiger partial charge in [-0.1, -0.05) is 11.6 Å². The van der Waals surface area contributed by atoms with Crippen molar-refractivity contribution in [3.8, 4) is 5.75 Å². The molecule has 0 bridgehead atoms. The third-order valence-corrected chi connectivity index (χ3v) is 5.04. The highest BCUT2D eigenvalue weighted by Crippen LogP contribution is 2.30. The molecule has 1 N–H and O–H groups in total. The molecule has 0 aliphatic heterocycles. The van der Waals surface area contributed by atoms with Gasteiger partial charge < -0.3 is 5.11 Å². The van der Waals surface area contributed by atoms with E-state index in [0.717, 1.165) is 16.3 Å². The molecule has 20 heavy (non-hydrogen) atoms. The number of hydrogen-bond donors (Lipinski definition) is 1. The van der Waals surface area contributed by atoms with Gasteiger partial charge in [0.05, 0.1) is 10.7 Å². The Balaban J connectivity index is 2.17. The molecule has 1 heterocycles. The van der Waals surface area contributed by atoms with Crippen LogP contribution >= 0.6 is 22.9 Å². The monoisotopic (exact) mass is 310 g/mol. The number of hydrogen-bond acceptors (Lipinski definition) is 4. The molecule has 0 fully saturated rings. The number of aromatic hydroxyl groups is 1. The minimum atomic E-state index is 0.246. The molecular weight excluding hydrogens is 292 g/mol. The lowest BCUT2D eigenvalue weighted by molar-refractivity contribution is 0.255. The van der Waals surface area contributed by atoms with Gasteiger partial charge in [0.1, 0.15) is 5.75 Å². The highest BCUT2D eigenvalue weighted by Gasteiger charge is 2.18. The fraction of sp³-hybridized carbons (Fsp3) is 0.400. The molecule has 5 heteroatoms. The Labute approximate surface area is 128 Å². The van der Waals surface area contributed by atoms with Crippen LogP contribution in [0.2, 0.25) is 5.02 Å². The van der Waals surface area contributed by atoms with E-state index in [1.165, 1.54) is 4.88 Å². The van der Waals surface area contributed by atoms with Gasteiger partial charge in [-0.3, -0.25) is 4.90 Å². The smallest absolute Gasteiger partial charge is 0.116 e. The molecule has 1 atom stereocenters. The van der Waals surface area contributed by atoms with Crippen molar-refractivity contribution in [2.75, 3.05) is 7.05 Å². The predicted molar refractivity (Wildman–Crippen MR) is 84.6 cm³/mol. The van der Waals surface area contributed by atoms with E-state index in [1.54, 1.807) is 29.5 Å². The summed E-state index contributed by atoms with van der Waals surface area (Å²) in [5.74, 6) is 0.246. The zero-order chi connectivity index (χ0) is 14.9. The van der Waals surface area contributed by atoms with Crippen molar-refractivity contribution < 1.29 is 5.11 Å². The lowest BCUT2D eigenvalue weighted by atomic mass is 10.1. The van der Waals surface area contributed by atoms with Crippen LogP contribution in [0.25, 0.3) is 0 Å². The summed E-state index contributed by atoms with van der Waals surface area (Å²) in [6, 6.07) is 5.31. The van der Waals surface area contributed by atoms with E-state index in [0.29, 0.717) is 11.6 Å². The molecule has 0 spiro atoms. The standard InChI is InChI=1S/C15H19ClN2OS/c1-9-15(20-11(3)17-9)10(2)18(4)8-12-7-13(19)5-6-14(12)16/h5-7,10,19H,8H2,1-4H3. The van der Waals surface area contributed by atoms with Gasteiger partial charge in [0.15, 0.2) is 0 Å². The van der Waals surface area contributed by atoms with Crippen molar-refractivity contribution in [3.05, 3.63) is 44.4 Å². The molecule has 1 aromatic carbocycles. The molecule has 0 aliphatic carbocycles.